The van der Waals surface area contributed by atoms with Gasteiger partial charge in [-0.15, -0.1) is 0 Å². The lowest BCUT2D eigenvalue weighted by atomic mass is 9.94. The maximum absolute atomic E-state index is 12.2. The molecule has 7 heteroatoms. The summed E-state index contributed by atoms with van der Waals surface area (Å²) in [7, 11) is -3.87. The van der Waals surface area contributed by atoms with Gasteiger partial charge in [0.05, 0.1) is 6.26 Å². The number of carbonyl (C=O) groups excluding carboxylic acids is 2. The summed E-state index contributed by atoms with van der Waals surface area (Å²) in [5, 5.41) is 4.88. The second kappa shape index (κ2) is 6.25. The van der Waals surface area contributed by atoms with Crippen LogP contribution < -0.4 is 5.14 Å². The average molecular weight is 321 g/mol. The molecule has 116 valence electrons. The Labute approximate surface area is 128 Å². The van der Waals surface area contributed by atoms with E-state index in [1.165, 1.54) is 6.26 Å². The highest BCUT2D eigenvalue weighted by molar-refractivity contribution is 7.89. The number of rotatable bonds is 6. The van der Waals surface area contributed by atoms with E-state index in [9.17, 15) is 18.0 Å². The number of sulfonamides is 1. The standard InChI is InChI=1S/C15H15NO5S/c1-10(13(17)9-22(16,19)20)11-4-2-5-12(8-11)15(18)14-6-3-7-21-14/h2-8,10H,9H2,1H3,(H2,16,19,20)/t10-/m1/s1. The lowest BCUT2D eigenvalue weighted by molar-refractivity contribution is -0.117. The summed E-state index contributed by atoms with van der Waals surface area (Å²) in [6.45, 7) is 1.57. The van der Waals surface area contributed by atoms with E-state index in [1.807, 2.05) is 0 Å². The van der Waals surface area contributed by atoms with Gasteiger partial charge in [0.1, 0.15) is 5.75 Å². The molecule has 2 aromatic rings. The Morgan fingerprint density at radius 1 is 1.23 bits per heavy atom. The number of benzene rings is 1. The summed E-state index contributed by atoms with van der Waals surface area (Å²) in [6.07, 6.45) is 1.40. The summed E-state index contributed by atoms with van der Waals surface area (Å²) in [6, 6.07) is 9.60. The van der Waals surface area contributed by atoms with Crippen LogP contribution in [0.25, 0.3) is 0 Å². The second-order valence-corrected chi connectivity index (χ2v) is 6.54. The van der Waals surface area contributed by atoms with Crippen LogP contribution in [0.4, 0.5) is 0 Å². The first-order valence-corrected chi connectivity index (χ1v) is 8.21. The van der Waals surface area contributed by atoms with Crippen molar-refractivity contribution in [2.24, 2.45) is 5.14 Å². The molecular weight excluding hydrogens is 306 g/mol. The van der Waals surface area contributed by atoms with E-state index < -0.39 is 27.5 Å². The number of hydrogen-bond donors (Lipinski definition) is 1. The molecule has 0 saturated heterocycles. The van der Waals surface area contributed by atoms with Crippen LogP contribution in [-0.4, -0.2) is 25.7 Å². The van der Waals surface area contributed by atoms with Crippen molar-refractivity contribution in [3.63, 3.8) is 0 Å². The summed E-state index contributed by atoms with van der Waals surface area (Å²) in [5.74, 6) is -2.05. The van der Waals surface area contributed by atoms with Gasteiger partial charge in [-0.25, -0.2) is 13.6 Å². The van der Waals surface area contributed by atoms with Crippen LogP contribution >= 0.6 is 0 Å². The van der Waals surface area contributed by atoms with Crippen LogP contribution in [0.1, 0.15) is 34.5 Å². The van der Waals surface area contributed by atoms with Crippen molar-refractivity contribution < 1.29 is 22.4 Å². The molecule has 0 aliphatic carbocycles. The number of furan rings is 1. The monoisotopic (exact) mass is 321 g/mol. The molecular formula is C15H15NO5S. The topological polar surface area (TPSA) is 107 Å². The van der Waals surface area contributed by atoms with Crippen molar-refractivity contribution in [3.05, 3.63) is 59.5 Å². The molecule has 0 aliphatic heterocycles. The van der Waals surface area contributed by atoms with Crippen molar-refractivity contribution in [2.45, 2.75) is 12.8 Å². The SMILES string of the molecule is C[C@@H](C(=O)CS(N)(=O)=O)c1cccc(C(=O)c2ccco2)c1. The first-order chi connectivity index (χ1) is 10.3. The van der Waals surface area contributed by atoms with Gasteiger partial charge in [-0.2, -0.15) is 0 Å². The molecule has 0 amide bonds. The first kappa shape index (κ1) is 16.1. The fourth-order valence-corrected chi connectivity index (χ4v) is 2.66. The van der Waals surface area contributed by atoms with E-state index in [4.69, 9.17) is 9.56 Å². The summed E-state index contributed by atoms with van der Waals surface area (Å²) in [5.41, 5.74) is 0.911. The van der Waals surface area contributed by atoms with Crippen molar-refractivity contribution in [2.75, 3.05) is 5.75 Å². The molecule has 0 bridgehead atoms. The molecule has 6 nitrogen and oxygen atoms in total. The van der Waals surface area contributed by atoms with Crippen LogP contribution in [-0.2, 0) is 14.8 Å². The van der Waals surface area contributed by atoms with Crippen molar-refractivity contribution in [3.8, 4) is 0 Å². The molecule has 1 atom stereocenters. The van der Waals surface area contributed by atoms with Gasteiger partial charge in [0.25, 0.3) is 0 Å². The molecule has 0 saturated carbocycles. The van der Waals surface area contributed by atoms with Gasteiger partial charge in [0.15, 0.2) is 11.5 Å². The molecule has 0 aliphatic rings. The molecule has 2 rings (SSSR count). The summed E-state index contributed by atoms with van der Waals surface area (Å²) < 4.78 is 27.0. The van der Waals surface area contributed by atoms with Gasteiger partial charge in [-0.1, -0.05) is 25.1 Å². The van der Waals surface area contributed by atoms with Crippen LogP contribution in [0.3, 0.4) is 0 Å². The van der Waals surface area contributed by atoms with Gasteiger partial charge >= 0.3 is 0 Å². The second-order valence-electron chi connectivity index (χ2n) is 4.93. The van der Waals surface area contributed by atoms with Crippen LogP contribution in [0, 0.1) is 0 Å². The zero-order valence-corrected chi connectivity index (χ0v) is 12.7. The molecule has 0 spiro atoms. The van der Waals surface area contributed by atoms with Gasteiger partial charge in [-0.3, -0.25) is 9.59 Å². The van der Waals surface area contributed by atoms with Gasteiger partial charge in [0, 0.05) is 11.5 Å². The smallest absolute Gasteiger partial charge is 0.228 e. The number of Topliss-reactive ketones (excluding diaryl/α,β-unsaturated/α-hetero) is 1. The highest BCUT2D eigenvalue weighted by Crippen LogP contribution is 2.20. The quantitative estimate of drug-likeness (QED) is 0.811. The molecule has 1 aromatic carbocycles. The number of nitrogens with two attached hydrogens (primary N) is 1. The summed E-state index contributed by atoms with van der Waals surface area (Å²) in [4.78, 5) is 24.1. The predicted octanol–water partition coefficient (Wildman–Crippen LogP) is 1.47. The fraction of sp³-hybridized carbons (Fsp3) is 0.200. The molecule has 22 heavy (non-hydrogen) atoms. The number of primary sulfonamides is 1. The van der Waals surface area contributed by atoms with Crippen LogP contribution in [0.15, 0.2) is 47.1 Å². The third-order valence-corrected chi connectivity index (χ3v) is 3.91. The van der Waals surface area contributed by atoms with Crippen LogP contribution in [0.5, 0.6) is 0 Å². The Bertz CT molecular complexity index is 793. The van der Waals surface area contributed by atoms with Crippen LogP contribution in [0.2, 0.25) is 0 Å². The zero-order valence-electron chi connectivity index (χ0n) is 11.9. The van der Waals surface area contributed by atoms with E-state index in [0.29, 0.717) is 11.1 Å². The number of carbonyl (C=O) groups is 2. The predicted molar refractivity (Wildman–Crippen MR) is 80.0 cm³/mol. The zero-order chi connectivity index (χ0) is 16.3. The Hall–Kier alpha value is -2.25. The molecule has 0 unspecified atom stereocenters. The third kappa shape index (κ3) is 3.90. The maximum Gasteiger partial charge on any atom is 0.228 e. The first-order valence-electron chi connectivity index (χ1n) is 6.49. The average Bonchev–Trinajstić information content (AvgIpc) is 2.98. The van der Waals surface area contributed by atoms with E-state index in [0.717, 1.165) is 0 Å². The Morgan fingerprint density at radius 3 is 2.55 bits per heavy atom. The normalized spacial score (nSPS) is 12.8. The minimum atomic E-state index is -3.87. The Morgan fingerprint density at radius 2 is 1.95 bits per heavy atom. The van der Waals surface area contributed by atoms with Crippen molar-refractivity contribution in [1.82, 2.24) is 0 Å². The molecule has 2 N–H and O–H groups in total. The molecule has 0 radical (unpaired) electrons. The minimum Gasteiger partial charge on any atom is -0.461 e. The number of hydrogen-bond acceptors (Lipinski definition) is 5. The van der Waals surface area contributed by atoms with E-state index in [2.05, 4.69) is 0 Å². The lowest BCUT2D eigenvalue weighted by Gasteiger charge is -2.11. The third-order valence-electron chi connectivity index (χ3n) is 3.22. The van der Waals surface area contributed by atoms with Gasteiger partial charge in [0.2, 0.25) is 15.8 Å². The lowest BCUT2D eigenvalue weighted by Crippen LogP contribution is -2.26. The molecule has 1 heterocycles. The van der Waals surface area contributed by atoms with Gasteiger partial charge in [-0.05, 0) is 23.8 Å². The molecule has 1 aromatic heterocycles. The van der Waals surface area contributed by atoms with Crippen molar-refractivity contribution in [1.29, 1.82) is 0 Å². The minimum absolute atomic E-state index is 0.195. The largest absolute Gasteiger partial charge is 0.461 e. The number of ketones is 2. The van der Waals surface area contributed by atoms with E-state index >= 15 is 0 Å². The summed E-state index contributed by atoms with van der Waals surface area (Å²) >= 11 is 0. The maximum atomic E-state index is 12.2. The highest BCUT2D eigenvalue weighted by atomic mass is 32.2. The Balaban J connectivity index is 2.25. The van der Waals surface area contributed by atoms with E-state index in [-0.39, 0.29) is 11.5 Å². The fourth-order valence-electron chi connectivity index (χ4n) is 2.01. The van der Waals surface area contributed by atoms with Gasteiger partial charge < -0.3 is 4.42 Å². The molecule has 0 fully saturated rings. The van der Waals surface area contributed by atoms with E-state index in [1.54, 1.807) is 43.3 Å². The highest BCUT2D eigenvalue weighted by Gasteiger charge is 2.21. The Kier molecular flexibility index (Phi) is 4.58. The van der Waals surface area contributed by atoms with Crippen molar-refractivity contribution >= 4 is 21.6 Å².